The zero-order valence-corrected chi connectivity index (χ0v) is 19.7. The molecular weight excluding hydrogens is 436 g/mol. The van der Waals surface area contributed by atoms with Crippen molar-refractivity contribution < 1.29 is 19.4 Å². The summed E-state index contributed by atoms with van der Waals surface area (Å²) in [5, 5.41) is 13.4. The Labute approximate surface area is 191 Å². The summed E-state index contributed by atoms with van der Waals surface area (Å²) in [7, 11) is 1.51. The fourth-order valence-corrected chi connectivity index (χ4v) is 5.05. The zero-order chi connectivity index (χ0) is 22.7. The largest absolute Gasteiger partial charge is 0.507 e. The molecule has 1 aliphatic heterocycles. The van der Waals surface area contributed by atoms with E-state index in [4.69, 9.17) is 16.3 Å². The van der Waals surface area contributed by atoms with Gasteiger partial charge in [-0.25, -0.2) is 0 Å². The van der Waals surface area contributed by atoms with Crippen molar-refractivity contribution >= 4 is 40.4 Å². The lowest BCUT2D eigenvalue weighted by Crippen LogP contribution is -2.37. The number of Topliss-reactive ketones (excluding diaryl/α,β-unsaturated/α-hetero) is 1. The molecule has 8 heteroatoms. The number of hydrogen-bond acceptors (Lipinski definition) is 6. The lowest BCUT2D eigenvalue weighted by Gasteiger charge is -2.27. The fourth-order valence-electron chi connectivity index (χ4n) is 3.79. The summed E-state index contributed by atoms with van der Waals surface area (Å²) in [5.74, 6) is -1.10. The normalized spacial score (nSPS) is 18.3. The summed E-state index contributed by atoms with van der Waals surface area (Å²) in [6.45, 7) is 8.78. The van der Waals surface area contributed by atoms with E-state index in [2.05, 4.69) is 18.7 Å². The number of ketones is 1. The molecule has 6 nitrogen and oxygen atoms in total. The predicted octanol–water partition coefficient (Wildman–Crippen LogP) is 4.48. The third kappa shape index (κ3) is 4.49. The number of nitrogens with zero attached hydrogens (tertiary/aromatic N) is 2. The van der Waals surface area contributed by atoms with Crippen molar-refractivity contribution in [2.45, 2.75) is 26.8 Å². The van der Waals surface area contributed by atoms with Crippen LogP contribution < -0.4 is 4.74 Å². The van der Waals surface area contributed by atoms with Gasteiger partial charge in [-0.3, -0.25) is 9.59 Å². The maximum Gasteiger partial charge on any atom is 0.295 e. The van der Waals surface area contributed by atoms with Gasteiger partial charge in [-0.05, 0) is 55.2 Å². The van der Waals surface area contributed by atoms with Crippen LogP contribution in [0.1, 0.15) is 35.9 Å². The molecule has 1 aliphatic rings. The Morgan fingerprint density at radius 1 is 1.26 bits per heavy atom. The molecule has 2 heterocycles. The van der Waals surface area contributed by atoms with Crippen LogP contribution >= 0.6 is 22.9 Å². The number of aryl methyl sites for hydroxylation is 1. The highest BCUT2D eigenvalue weighted by molar-refractivity contribution is 7.10. The Morgan fingerprint density at radius 3 is 2.55 bits per heavy atom. The number of carbonyl (C=O) groups is 2. The van der Waals surface area contributed by atoms with Gasteiger partial charge < -0.3 is 19.6 Å². The lowest BCUT2D eigenvalue weighted by atomic mass is 9.98. The molecule has 166 valence electrons. The van der Waals surface area contributed by atoms with Gasteiger partial charge in [0.05, 0.1) is 23.7 Å². The molecule has 1 amide bonds. The van der Waals surface area contributed by atoms with E-state index in [9.17, 15) is 14.7 Å². The molecule has 2 aromatic rings. The topological polar surface area (TPSA) is 70.1 Å². The molecular formula is C23H27ClN2O4S. The third-order valence-electron chi connectivity index (χ3n) is 5.67. The van der Waals surface area contributed by atoms with Crippen LogP contribution in [0.4, 0.5) is 0 Å². The van der Waals surface area contributed by atoms with E-state index in [-0.39, 0.29) is 21.9 Å². The summed E-state index contributed by atoms with van der Waals surface area (Å²) in [5.41, 5.74) is 1.29. The number of halogens is 1. The van der Waals surface area contributed by atoms with Gasteiger partial charge in [-0.15, -0.1) is 11.3 Å². The summed E-state index contributed by atoms with van der Waals surface area (Å²) in [4.78, 5) is 30.7. The minimum absolute atomic E-state index is 0.0604. The van der Waals surface area contributed by atoms with E-state index in [1.165, 1.54) is 18.4 Å². The molecule has 1 unspecified atom stereocenters. The average molecular weight is 463 g/mol. The number of ether oxygens (including phenoxy) is 1. The first-order chi connectivity index (χ1) is 14.8. The van der Waals surface area contributed by atoms with Gasteiger partial charge in [0.15, 0.2) is 0 Å². The number of rotatable bonds is 8. The molecule has 0 bridgehead atoms. The Bertz CT molecular complexity index is 1010. The molecule has 0 saturated carbocycles. The van der Waals surface area contributed by atoms with Crippen LogP contribution in [0.15, 0.2) is 35.2 Å². The van der Waals surface area contributed by atoms with E-state index in [0.29, 0.717) is 18.8 Å². The van der Waals surface area contributed by atoms with Crippen LogP contribution in [0, 0.1) is 6.92 Å². The maximum atomic E-state index is 13.1. The predicted molar refractivity (Wildman–Crippen MR) is 124 cm³/mol. The highest BCUT2D eigenvalue weighted by Gasteiger charge is 2.47. The monoisotopic (exact) mass is 462 g/mol. The first-order valence-corrected chi connectivity index (χ1v) is 11.5. The van der Waals surface area contributed by atoms with Crippen molar-refractivity contribution in [1.82, 2.24) is 9.80 Å². The van der Waals surface area contributed by atoms with Crippen LogP contribution in [-0.4, -0.2) is 59.9 Å². The second kappa shape index (κ2) is 9.85. The molecule has 1 N–H and O–H groups in total. The number of thiophene rings is 1. The Morgan fingerprint density at radius 2 is 1.97 bits per heavy atom. The molecule has 1 saturated heterocycles. The van der Waals surface area contributed by atoms with Crippen LogP contribution in [-0.2, 0) is 9.59 Å². The molecule has 31 heavy (non-hydrogen) atoms. The van der Waals surface area contributed by atoms with E-state index >= 15 is 0 Å². The van der Waals surface area contributed by atoms with Crippen molar-refractivity contribution in [3.8, 4) is 5.75 Å². The zero-order valence-electron chi connectivity index (χ0n) is 18.1. The molecule has 0 spiro atoms. The Kier molecular flexibility index (Phi) is 7.41. The summed E-state index contributed by atoms with van der Waals surface area (Å²) in [6, 6.07) is 6.13. The third-order valence-corrected chi connectivity index (χ3v) is 7.07. The van der Waals surface area contributed by atoms with Gasteiger partial charge in [0.2, 0.25) is 0 Å². The second-order valence-corrected chi connectivity index (χ2v) is 8.69. The van der Waals surface area contributed by atoms with Gasteiger partial charge in [-0.1, -0.05) is 25.4 Å². The molecule has 1 aromatic heterocycles. The summed E-state index contributed by atoms with van der Waals surface area (Å²) in [6.07, 6.45) is 0. The van der Waals surface area contributed by atoms with Crippen LogP contribution in [0.25, 0.3) is 5.76 Å². The molecule has 0 radical (unpaired) electrons. The standard InChI is InChI=1S/C23H27ClN2O4S/c1-5-25(6-2)10-11-26-19(22-14(3)9-12-31-22)18(21(28)23(26)29)20(27)16-13-15(30-4)7-8-17(16)24/h7-9,12-13,19,27H,5-6,10-11H2,1-4H3/b20-18+. The quantitative estimate of drug-likeness (QED) is 0.356. The smallest absolute Gasteiger partial charge is 0.295 e. The van der Waals surface area contributed by atoms with Crippen LogP contribution in [0.5, 0.6) is 5.75 Å². The number of likely N-dealkylation sites (N-methyl/N-ethyl adjacent to an activating group) is 1. The fraction of sp³-hybridized carbons (Fsp3) is 0.391. The Hall–Kier alpha value is -2.35. The van der Waals surface area contributed by atoms with E-state index in [0.717, 1.165) is 23.5 Å². The molecule has 1 aromatic carbocycles. The second-order valence-electron chi connectivity index (χ2n) is 7.33. The minimum Gasteiger partial charge on any atom is -0.507 e. The van der Waals surface area contributed by atoms with Crippen molar-refractivity contribution in [3.63, 3.8) is 0 Å². The van der Waals surface area contributed by atoms with Crippen LogP contribution in [0.3, 0.4) is 0 Å². The maximum absolute atomic E-state index is 13.1. The van der Waals surface area contributed by atoms with E-state index < -0.39 is 17.7 Å². The lowest BCUT2D eigenvalue weighted by molar-refractivity contribution is -0.140. The van der Waals surface area contributed by atoms with Crippen molar-refractivity contribution in [2.24, 2.45) is 0 Å². The van der Waals surface area contributed by atoms with Gasteiger partial charge >= 0.3 is 0 Å². The van der Waals surface area contributed by atoms with Crippen molar-refractivity contribution in [1.29, 1.82) is 0 Å². The van der Waals surface area contributed by atoms with Crippen molar-refractivity contribution in [3.05, 3.63) is 56.2 Å². The van der Waals surface area contributed by atoms with Gasteiger partial charge in [-0.2, -0.15) is 0 Å². The number of methoxy groups -OCH3 is 1. The molecule has 1 fully saturated rings. The number of carbonyl (C=O) groups excluding carboxylic acids is 2. The number of benzene rings is 1. The first-order valence-electron chi connectivity index (χ1n) is 10.2. The summed E-state index contributed by atoms with van der Waals surface area (Å²) >= 11 is 7.79. The van der Waals surface area contributed by atoms with Crippen LogP contribution in [0.2, 0.25) is 5.02 Å². The number of likely N-dealkylation sites (tertiary alicyclic amines) is 1. The number of aliphatic hydroxyl groups excluding tert-OH is 1. The van der Waals surface area contributed by atoms with E-state index in [1.54, 1.807) is 23.1 Å². The number of hydrogen-bond donors (Lipinski definition) is 1. The number of aliphatic hydroxyl groups is 1. The van der Waals surface area contributed by atoms with Crippen molar-refractivity contribution in [2.75, 3.05) is 33.3 Å². The Balaban J connectivity index is 2.14. The first kappa shape index (κ1) is 23.3. The summed E-state index contributed by atoms with van der Waals surface area (Å²) < 4.78 is 5.24. The molecule has 1 atom stereocenters. The van der Waals surface area contributed by atoms with Gasteiger partial charge in [0.1, 0.15) is 11.5 Å². The highest BCUT2D eigenvalue weighted by atomic mass is 35.5. The minimum atomic E-state index is -0.700. The number of amides is 1. The molecule has 0 aliphatic carbocycles. The molecule has 3 rings (SSSR count). The average Bonchev–Trinajstić information content (AvgIpc) is 3.29. The van der Waals surface area contributed by atoms with E-state index in [1.807, 2.05) is 18.4 Å². The SMILES string of the molecule is CCN(CC)CCN1C(=O)C(=O)/C(=C(/O)c2cc(OC)ccc2Cl)C1c1sccc1C. The highest BCUT2D eigenvalue weighted by Crippen LogP contribution is 2.43. The van der Waals surface area contributed by atoms with Gasteiger partial charge in [0.25, 0.3) is 11.7 Å². The van der Waals surface area contributed by atoms with Gasteiger partial charge in [0, 0.05) is 23.5 Å².